The molecule has 332 valence electrons. The lowest BCUT2D eigenvalue weighted by Gasteiger charge is -2.23. The third-order valence-corrected chi connectivity index (χ3v) is 9.77. The van der Waals surface area contributed by atoms with Gasteiger partial charge in [-0.15, -0.1) is 0 Å². The molecule has 3 aromatic carbocycles. The molecule has 0 aliphatic rings. The summed E-state index contributed by atoms with van der Waals surface area (Å²) in [6.07, 6.45) is 2.83. The summed E-state index contributed by atoms with van der Waals surface area (Å²) < 4.78 is 0. The number of phenolic OH excluding ortho intramolecular Hbond substituents is 1. The van der Waals surface area contributed by atoms with E-state index < -0.39 is 29.8 Å². The third kappa shape index (κ3) is 19.2. The number of hydrogen-bond donors (Lipinski definition) is 9. The van der Waals surface area contributed by atoms with Gasteiger partial charge >= 0.3 is 6.03 Å². The number of guanidine groups is 1. The molecule has 0 spiro atoms. The van der Waals surface area contributed by atoms with Crippen molar-refractivity contribution >= 4 is 41.3 Å². The fraction of sp³-hybridized carbons (Fsp3) is 0.455. The maximum Gasteiger partial charge on any atom is 0.321 e. The highest BCUT2D eigenvalue weighted by molar-refractivity contribution is 5.95. The van der Waals surface area contributed by atoms with Gasteiger partial charge in [-0.3, -0.25) is 29.5 Å². The van der Waals surface area contributed by atoms with Gasteiger partial charge in [0, 0.05) is 51.9 Å². The lowest BCUT2D eigenvalue weighted by atomic mass is 9.90. The summed E-state index contributed by atoms with van der Waals surface area (Å²) in [6.45, 7) is 6.17. The van der Waals surface area contributed by atoms with Crippen LogP contribution in [0.4, 0.5) is 10.5 Å². The number of likely N-dealkylation sites (N-methyl/N-ethyl adjacent to an activating group) is 1. The van der Waals surface area contributed by atoms with Gasteiger partial charge in [0.25, 0.3) is 0 Å². The quantitative estimate of drug-likeness (QED) is 0.0324. The van der Waals surface area contributed by atoms with Gasteiger partial charge in [0.15, 0.2) is 5.96 Å². The van der Waals surface area contributed by atoms with Gasteiger partial charge < -0.3 is 52.5 Å². The van der Waals surface area contributed by atoms with Gasteiger partial charge in [0.2, 0.25) is 23.6 Å². The molecule has 0 radical (unpaired) electrons. The number of hydrogen-bond acceptors (Lipinski definition) is 10. The van der Waals surface area contributed by atoms with Crippen LogP contribution in [0.3, 0.4) is 0 Å². The van der Waals surface area contributed by atoms with Crippen molar-refractivity contribution in [3.63, 3.8) is 0 Å². The number of nitrogens with one attached hydrogen (secondary N) is 7. The highest BCUT2D eigenvalue weighted by atomic mass is 16.3. The maximum atomic E-state index is 14.2. The van der Waals surface area contributed by atoms with Gasteiger partial charge in [-0.2, -0.15) is 0 Å². The Labute approximate surface area is 359 Å². The second-order valence-corrected chi connectivity index (χ2v) is 14.7. The van der Waals surface area contributed by atoms with Crippen molar-refractivity contribution in [3.8, 4) is 5.75 Å². The zero-order chi connectivity index (χ0) is 44.4. The van der Waals surface area contributed by atoms with Crippen LogP contribution in [-0.4, -0.2) is 130 Å². The van der Waals surface area contributed by atoms with Crippen LogP contribution < -0.4 is 43.0 Å². The second kappa shape index (κ2) is 27.5. The lowest BCUT2D eigenvalue weighted by molar-refractivity contribution is -0.129. The molecule has 0 aliphatic carbocycles. The average Bonchev–Trinajstić information content (AvgIpc) is 3.25. The molecular formula is C44H65N11O6. The predicted octanol–water partition coefficient (Wildman–Crippen LogP) is 2.05. The van der Waals surface area contributed by atoms with E-state index in [0.717, 1.165) is 49.3 Å². The average molecular weight is 844 g/mol. The summed E-state index contributed by atoms with van der Waals surface area (Å²) in [5, 5.41) is 29.6. The monoisotopic (exact) mass is 844 g/mol. The van der Waals surface area contributed by atoms with Gasteiger partial charge in [0.1, 0.15) is 11.8 Å². The highest BCUT2D eigenvalue weighted by Gasteiger charge is 2.28. The van der Waals surface area contributed by atoms with Gasteiger partial charge in [-0.05, 0) is 100 Å². The number of urea groups is 1. The summed E-state index contributed by atoms with van der Waals surface area (Å²) in [5.74, 6) is -1.75. The van der Waals surface area contributed by atoms with Crippen molar-refractivity contribution in [2.45, 2.75) is 57.5 Å². The predicted molar refractivity (Wildman–Crippen MR) is 239 cm³/mol. The first-order valence-corrected chi connectivity index (χ1v) is 20.8. The standard InChI is InChI=1S/C44H65N11O6/c1-5-38(57)47-25-26-49-44(61)53-43(45)48-24-9-14-37(41(59)51-30-32-15-21-36(56)22-16-32)52-42(60)40(33-12-7-6-8-13-33)34-17-19-35(20-18-34)50-31-39(58)55(4)29-11-28-54(3)27-10-23-46-2/h6-8,12-13,15-22,37,40,46,50,56H,5,9-11,14,23-31H2,1-4H3,(H,47,57)(H,51,59)(H,52,60)(H4,45,48,49,53,61). The number of amides is 6. The molecule has 2 unspecified atom stereocenters. The van der Waals surface area contributed by atoms with Crippen LogP contribution in [0, 0.1) is 0 Å². The molecule has 0 saturated carbocycles. The number of aliphatic imine (C=N–C) groups is 1. The van der Waals surface area contributed by atoms with Gasteiger partial charge in [0.05, 0.1) is 12.5 Å². The van der Waals surface area contributed by atoms with E-state index in [-0.39, 0.29) is 62.7 Å². The van der Waals surface area contributed by atoms with E-state index in [1.165, 1.54) is 12.1 Å². The van der Waals surface area contributed by atoms with Crippen molar-refractivity contribution in [1.29, 1.82) is 0 Å². The molecule has 17 nitrogen and oxygen atoms in total. The van der Waals surface area contributed by atoms with Crippen LogP contribution in [0.5, 0.6) is 5.75 Å². The van der Waals surface area contributed by atoms with Crippen LogP contribution in [0.2, 0.25) is 0 Å². The number of carbonyl (C=O) groups is 5. The first-order valence-electron chi connectivity index (χ1n) is 20.8. The summed E-state index contributed by atoms with van der Waals surface area (Å²) in [4.78, 5) is 72.6. The van der Waals surface area contributed by atoms with Gasteiger partial charge in [-0.25, -0.2) is 4.79 Å². The molecule has 0 fully saturated rings. The molecule has 0 aromatic heterocycles. The molecule has 10 N–H and O–H groups in total. The van der Waals surface area contributed by atoms with Crippen LogP contribution in [0.25, 0.3) is 0 Å². The fourth-order valence-electron chi connectivity index (χ4n) is 6.23. The summed E-state index contributed by atoms with van der Waals surface area (Å²) >= 11 is 0. The minimum atomic E-state index is -0.954. The minimum absolute atomic E-state index is 0.0288. The first-order chi connectivity index (χ1) is 29.4. The molecule has 0 heterocycles. The van der Waals surface area contributed by atoms with Crippen LogP contribution >= 0.6 is 0 Å². The van der Waals surface area contributed by atoms with Crippen molar-refractivity contribution in [3.05, 3.63) is 95.6 Å². The molecular weight excluding hydrogens is 779 g/mol. The zero-order valence-corrected chi connectivity index (χ0v) is 36.0. The number of aromatic hydroxyl groups is 1. The summed E-state index contributed by atoms with van der Waals surface area (Å²) in [6, 6.07) is 21.5. The van der Waals surface area contributed by atoms with E-state index in [9.17, 15) is 29.1 Å². The number of phenols is 1. The SMILES string of the molecule is CCC(=O)NCCNC(=O)NC(N)=NCCCC(NC(=O)C(c1ccccc1)c1ccc(NCC(=O)N(C)CCCN(C)CCCNC)cc1)C(=O)NCc1ccc(O)cc1. The number of benzene rings is 3. The molecule has 3 rings (SSSR count). The Balaban J connectivity index is 1.66. The Morgan fingerprint density at radius 2 is 1.44 bits per heavy atom. The number of anilines is 1. The molecule has 6 amide bonds. The van der Waals surface area contributed by atoms with Crippen LogP contribution in [-0.2, 0) is 25.7 Å². The molecule has 61 heavy (non-hydrogen) atoms. The zero-order valence-electron chi connectivity index (χ0n) is 36.0. The van der Waals surface area contributed by atoms with Crippen LogP contribution in [0.15, 0.2) is 83.9 Å². The summed E-state index contributed by atoms with van der Waals surface area (Å²) in [7, 11) is 5.84. The van der Waals surface area contributed by atoms with E-state index in [4.69, 9.17) is 5.73 Å². The Kier molecular flexibility index (Phi) is 22.2. The van der Waals surface area contributed by atoms with E-state index in [2.05, 4.69) is 54.2 Å². The van der Waals surface area contributed by atoms with Gasteiger partial charge in [-0.1, -0.05) is 61.5 Å². The molecule has 0 aliphatic heterocycles. The molecule has 0 saturated heterocycles. The number of nitrogens with two attached hydrogens (primary N) is 1. The van der Waals surface area contributed by atoms with E-state index in [1.807, 2.05) is 61.6 Å². The van der Waals surface area contributed by atoms with E-state index in [0.29, 0.717) is 24.9 Å². The Morgan fingerprint density at radius 3 is 2.13 bits per heavy atom. The molecule has 0 bridgehead atoms. The fourth-order valence-corrected chi connectivity index (χ4v) is 6.23. The number of nitrogens with zero attached hydrogens (tertiary/aromatic N) is 3. The Hall–Kier alpha value is -6.20. The smallest absolute Gasteiger partial charge is 0.321 e. The van der Waals surface area contributed by atoms with Crippen LogP contribution in [0.1, 0.15) is 61.6 Å². The second-order valence-electron chi connectivity index (χ2n) is 14.7. The lowest BCUT2D eigenvalue weighted by Crippen LogP contribution is -2.48. The van der Waals surface area contributed by atoms with Crippen molar-refractivity contribution in [2.75, 3.05) is 78.8 Å². The van der Waals surface area contributed by atoms with Crippen molar-refractivity contribution < 1.29 is 29.1 Å². The van der Waals surface area contributed by atoms with Crippen molar-refractivity contribution in [1.82, 2.24) is 41.7 Å². The first kappa shape index (κ1) is 49.2. The highest BCUT2D eigenvalue weighted by Crippen LogP contribution is 2.27. The Morgan fingerprint density at radius 1 is 0.770 bits per heavy atom. The summed E-state index contributed by atoms with van der Waals surface area (Å²) in [5.41, 5.74) is 8.81. The van der Waals surface area contributed by atoms with Crippen molar-refractivity contribution in [2.24, 2.45) is 10.7 Å². The molecule has 17 heteroatoms. The maximum absolute atomic E-state index is 14.2. The number of rotatable bonds is 26. The number of carbonyl (C=O) groups excluding carboxylic acids is 5. The molecule has 3 aromatic rings. The van der Waals surface area contributed by atoms with E-state index in [1.54, 1.807) is 31.0 Å². The molecule has 2 atom stereocenters. The topological polar surface area (TPSA) is 235 Å². The largest absolute Gasteiger partial charge is 0.508 e. The third-order valence-electron chi connectivity index (χ3n) is 9.77. The normalized spacial score (nSPS) is 12.2. The minimum Gasteiger partial charge on any atom is -0.508 e. The Bertz CT molecular complexity index is 1830. The van der Waals surface area contributed by atoms with E-state index >= 15 is 0 Å².